The molecule has 124 valence electrons. The van der Waals surface area contributed by atoms with Crippen LogP contribution in [0.1, 0.15) is 12.8 Å². The van der Waals surface area contributed by atoms with Crippen molar-refractivity contribution in [3.63, 3.8) is 0 Å². The van der Waals surface area contributed by atoms with Crippen molar-refractivity contribution in [2.24, 2.45) is 11.7 Å². The van der Waals surface area contributed by atoms with Gasteiger partial charge in [-0.05, 0) is 49.6 Å². The van der Waals surface area contributed by atoms with Crippen molar-refractivity contribution >= 4 is 16.9 Å². The normalized spacial score (nSPS) is 18.2. The number of pyridine rings is 2. The van der Waals surface area contributed by atoms with Crippen molar-refractivity contribution in [3.8, 4) is 11.4 Å². The molecule has 0 bridgehead atoms. The minimum Gasteiger partial charge on any atom is -0.356 e. The van der Waals surface area contributed by atoms with Crippen LogP contribution in [0, 0.1) is 11.7 Å². The lowest BCUT2D eigenvalue weighted by atomic mass is 9.98. The molecular weight excluding hydrogens is 307 g/mol. The number of aromatic amines is 1. The van der Waals surface area contributed by atoms with Crippen LogP contribution >= 0.6 is 0 Å². The van der Waals surface area contributed by atoms with Crippen LogP contribution in [-0.4, -0.2) is 39.8 Å². The first-order chi connectivity index (χ1) is 11.8. The first-order valence-corrected chi connectivity index (χ1v) is 8.17. The zero-order valence-corrected chi connectivity index (χ0v) is 13.2. The van der Waals surface area contributed by atoms with Gasteiger partial charge in [0.25, 0.3) is 0 Å². The van der Waals surface area contributed by atoms with Crippen LogP contribution in [0.15, 0.2) is 30.5 Å². The molecule has 0 spiro atoms. The van der Waals surface area contributed by atoms with Crippen molar-refractivity contribution in [2.45, 2.75) is 12.8 Å². The molecule has 24 heavy (non-hydrogen) atoms. The molecule has 0 amide bonds. The highest BCUT2D eigenvalue weighted by Gasteiger charge is 2.22. The molecule has 1 fully saturated rings. The van der Waals surface area contributed by atoms with E-state index in [9.17, 15) is 4.39 Å². The number of halogens is 1. The number of nitrogens with two attached hydrogens (primary N) is 1. The van der Waals surface area contributed by atoms with Gasteiger partial charge in [-0.25, -0.2) is 14.4 Å². The molecule has 4 rings (SSSR count). The smallest absolute Gasteiger partial charge is 0.181 e. The maximum Gasteiger partial charge on any atom is 0.181 e. The fraction of sp³-hybridized carbons (Fsp3) is 0.353. The second kappa shape index (κ2) is 6.16. The number of aromatic nitrogens is 4. The second-order valence-electron chi connectivity index (χ2n) is 6.16. The summed E-state index contributed by atoms with van der Waals surface area (Å²) < 4.78 is 14.4. The summed E-state index contributed by atoms with van der Waals surface area (Å²) in [6.07, 6.45) is 3.87. The molecule has 6 nitrogen and oxygen atoms in total. The van der Waals surface area contributed by atoms with Gasteiger partial charge >= 0.3 is 0 Å². The summed E-state index contributed by atoms with van der Waals surface area (Å²) >= 11 is 0. The van der Waals surface area contributed by atoms with Crippen LogP contribution in [0.2, 0.25) is 0 Å². The fourth-order valence-corrected chi connectivity index (χ4v) is 3.28. The van der Waals surface area contributed by atoms with Crippen LogP contribution in [0.4, 0.5) is 10.2 Å². The van der Waals surface area contributed by atoms with E-state index >= 15 is 0 Å². The van der Waals surface area contributed by atoms with E-state index in [-0.39, 0.29) is 11.5 Å². The Balaban J connectivity index is 1.74. The van der Waals surface area contributed by atoms with Crippen molar-refractivity contribution in [1.82, 2.24) is 20.2 Å². The number of H-pyrrole nitrogens is 1. The maximum absolute atomic E-state index is 14.4. The third-order valence-corrected chi connectivity index (χ3v) is 4.57. The number of nitrogens with one attached hydrogen (secondary N) is 1. The van der Waals surface area contributed by atoms with Gasteiger partial charge in [-0.3, -0.25) is 5.10 Å². The Bertz CT molecular complexity index is 861. The number of rotatable bonds is 3. The molecule has 3 N–H and O–H groups in total. The van der Waals surface area contributed by atoms with Crippen molar-refractivity contribution in [3.05, 3.63) is 36.3 Å². The Hall–Kier alpha value is -2.54. The molecule has 3 aromatic rings. The van der Waals surface area contributed by atoms with Crippen molar-refractivity contribution < 1.29 is 4.39 Å². The zero-order chi connectivity index (χ0) is 16.5. The summed E-state index contributed by atoms with van der Waals surface area (Å²) in [5, 5.41) is 7.76. The number of fused-ring (bicyclic) bond motifs is 1. The first-order valence-electron chi connectivity index (χ1n) is 8.17. The number of anilines is 1. The highest BCUT2D eigenvalue weighted by atomic mass is 19.1. The molecule has 0 unspecified atom stereocenters. The Morgan fingerprint density at radius 1 is 1.33 bits per heavy atom. The average molecular weight is 326 g/mol. The minimum absolute atomic E-state index is 0.276. The minimum atomic E-state index is -0.375. The molecule has 0 radical (unpaired) electrons. The van der Waals surface area contributed by atoms with E-state index in [0.29, 0.717) is 23.8 Å². The second-order valence-corrected chi connectivity index (χ2v) is 6.16. The van der Waals surface area contributed by atoms with Crippen LogP contribution in [-0.2, 0) is 0 Å². The Kier molecular flexibility index (Phi) is 3.86. The van der Waals surface area contributed by atoms with Gasteiger partial charge in [0, 0.05) is 24.7 Å². The van der Waals surface area contributed by atoms with Gasteiger partial charge in [0.1, 0.15) is 11.5 Å². The monoisotopic (exact) mass is 326 g/mol. The Morgan fingerprint density at radius 3 is 3.12 bits per heavy atom. The molecule has 1 atom stereocenters. The van der Waals surface area contributed by atoms with Gasteiger partial charge in [-0.2, -0.15) is 5.10 Å². The number of hydrogen-bond acceptors (Lipinski definition) is 5. The number of nitrogens with zero attached hydrogens (tertiary/aromatic N) is 4. The predicted octanol–water partition coefficient (Wildman–Crippen LogP) is 2.33. The lowest BCUT2D eigenvalue weighted by Gasteiger charge is -2.33. The van der Waals surface area contributed by atoms with Crippen LogP contribution in [0.25, 0.3) is 22.4 Å². The third kappa shape index (κ3) is 2.60. The molecule has 1 saturated heterocycles. The molecule has 0 aromatic carbocycles. The average Bonchev–Trinajstić information content (AvgIpc) is 3.06. The summed E-state index contributed by atoms with van der Waals surface area (Å²) in [7, 11) is 0. The van der Waals surface area contributed by atoms with Crippen LogP contribution < -0.4 is 10.6 Å². The van der Waals surface area contributed by atoms with Gasteiger partial charge in [0.15, 0.2) is 11.5 Å². The molecule has 7 heteroatoms. The summed E-state index contributed by atoms with van der Waals surface area (Å²) in [5.41, 5.74) is 7.20. The van der Waals surface area contributed by atoms with Gasteiger partial charge in [-0.1, -0.05) is 0 Å². The first kappa shape index (κ1) is 15.0. The van der Waals surface area contributed by atoms with E-state index in [4.69, 9.17) is 5.73 Å². The molecule has 1 aliphatic rings. The van der Waals surface area contributed by atoms with Gasteiger partial charge < -0.3 is 10.6 Å². The zero-order valence-electron chi connectivity index (χ0n) is 13.2. The summed E-state index contributed by atoms with van der Waals surface area (Å²) in [6, 6.07) is 6.86. The lowest BCUT2D eigenvalue weighted by Crippen LogP contribution is -2.38. The summed E-state index contributed by atoms with van der Waals surface area (Å²) in [5.74, 6) is 0.864. The topological polar surface area (TPSA) is 83.7 Å². The summed E-state index contributed by atoms with van der Waals surface area (Å²) in [4.78, 5) is 10.9. The lowest BCUT2D eigenvalue weighted by molar-refractivity contribution is 0.421. The van der Waals surface area contributed by atoms with E-state index in [0.717, 1.165) is 37.1 Å². The molecular formula is C17H19FN6. The van der Waals surface area contributed by atoms with E-state index in [1.807, 2.05) is 6.07 Å². The highest BCUT2D eigenvalue weighted by molar-refractivity contribution is 5.89. The third-order valence-electron chi connectivity index (χ3n) is 4.57. The molecule has 4 heterocycles. The van der Waals surface area contributed by atoms with Gasteiger partial charge in [-0.15, -0.1) is 0 Å². The van der Waals surface area contributed by atoms with E-state index in [2.05, 4.69) is 25.1 Å². The quantitative estimate of drug-likeness (QED) is 0.772. The Labute approximate surface area is 138 Å². The molecule has 3 aromatic heterocycles. The van der Waals surface area contributed by atoms with E-state index < -0.39 is 0 Å². The Morgan fingerprint density at radius 2 is 2.25 bits per heavy atom. The summed E-state index contributed by atoms with van der Waals surface area (Å²) in [6.45, 7) is 2.45. The van der Waals surface area contributed by atoms with Gasteiger partial charge in [0.2, 0.25) is 0 Å². The molecule has 0 aliphatic carbocycles. The number of hydrogen-bond donors (Lipinski definition) is 2. The highest BCUT2D eigenvalue weighted by Crippen LogP contribution is 2.29. The van der Waals surface area contributed by atoms with Crippen molar-refractivity contribution in [1.29, 1.82) is 0 Å². The molecule has 0 saturated carbocycles. The largest absolute Gasteiger partial charge is 0.356 e. The fourth-order valence-electron chi connectivity index (χ4n) is 3.28. The van der Waals surface area contributed by atoms with E-state index in [1.54, 1.807) is 18.3 Å². The van der Waals surface area contributed by atoms with Crippen LogP contribution in [0.5, 0.6) is 0 Å². The SMILES string of the molecule is NC[C@@H]1CCCN(c2ccc(F)c(-c3[nH]nc4ncccc34)n2)C1. The van der Waals surface area contributed by atoms with Gasteiger partial charge in [0.05, 0.1) is 5.69 Å². The predicted molar refractivity (Wildman–Crippen MR) is 91.1 cm³/mol. The standard InChI is InChI=1S/C17H19FN6/c18-13-5-6-14(24-8-2-3-11(9-19)10-24)21-16(13)15-12-4-1-7-20-17(12)23-22-15/h1,4-7,11H,2-3,8-10,19H2,(H,20,22,23)/t11-/m0/s1. The van der Waals surface area contributed by atoms with Crippen molar-refractivity contribution in [2.75, 3.05) is 24.5 Å². The maximum atomic E-state index is 14.4. The molecule has 1 aliphatic heterocycles. The van der Waals surface area contributed by atoms with E-state index in [1.165, 1.54) is 6.07 Å². The number of piperidine rings is 1. The van der Waals surface area contributed by atoms with Crippen LogP contribution in [0.3, 0.4) is 0 Å².